The zero-order chi connectivity index (χ0) is 12.2. The van der Waals surface area contributed by atoms with Gasteiger partial charge in [0.25, 0.3) is 0 Å². The molecule has 0 unspecified atom stereocenters. The third kappa shape index (κ3) is 2.73. The minimum absolute atomic E-state index is 0.119. The summed E-state index contributed by atoms with van der Waals surface area (Å²) in [6, 6.07) is 6.42. The van der Waals surface area contributed by atoms with Gasteiger partial charge in [0.2, 0.25) is 5.91 Å². The molecule has 0 heterocycles. The van der Waals surface area contributed by atoms with Crippen molar-refractivity contribution >= 4 is 11.6 Å². The van der Waals surface area contributed by atoms with Gasteiger partial charge in [-0.2, -0.15) is 0 Å². The highest BCUT2D eigenvalue weighted by molar-refractivity contribution is 5.97. The first-order chi connectivity index (χ1) is 7.51. The number of amides is 1. The molecule has 1 aromatic carbocycles. The molecule has 0 radical (unpaired) electrons. The van der Waals surface area contributed by atoms with Crippen LogP contribution in [0.15, 0.2) is 24.3 Å². The van der Waals surface area contributed by atoms with Gasteiger partial charge in [-0.3, -0.25) is 4.79 Å². The maximum atomic E-state index is 11.9. The van der Waals surface area contributed by atoms with Crippen molar-refractivity contribution in [2.75, 3.05) is 5.32 Å². The Hall–Kier alpha value is -1.55. The van der Waals surface area contributed by atoms with Crippen LogP contribution < -0.4 is 11.1 Å². The number of carbonyl (C=O) groups excluding carboxylic acids is 1. The van der Waals surface area contributed by atoms with Gasteiger partial charge in [-0.05, 0) is 25.0 Å². The van der Waals surface area contributed by atoms with Crippen LogP contribution in [0.2, 0.25) is 0 Å². The van der Waals surface area contributed by atoms with Crippen molar-refractivity contribution in [1.82, 2.24) is 0 Å². The molecule has 4 heteroatoms. The molecule has 1 aromatic rings. The molecule has 4 N–H and O–H groups in total. The van der Waals surface area contributed by atoms with Gasteiger partial charge in [-0.1, -0.05) is 19.9 Å². The van der Waals surface area contributed by atoms with E-state index in [0.29, 0.717) is 18.5 Å². The summed E-state index contributed by atoms with van der Waals surface area (Å²) in [5.41, 5.74) is 5.67. The number of anilines is 1. The van der Waals surface area contributed by atoms with Crippen LogP contribution in [0.1, 0.15) is 26.7 Å². The predicted octanol–water partition coefficient (Wildman–Crippen LogP) is 1.85. The van der Waals surface area contributed by atoms with Crippen LogP contribution >= 0.6 is 0 Å². The van der Waals surface area contributed by atoms with E-state index in [1.54, 1.807) is 18.2 Å². The standard InChI is InChI=1S/C12H18N2O2/c1-3-12(13,4-2)11(16)14-9-6-5-7-10(15)8-9/h5-8,15H,3-4,13H2,1-2H3,(H,14,16). The number of nitrogens with one attached hydrogen (secondary N) is 1. The third-order valence-electron chi connectivity index (χ3n) is 2.82. The first kappa shape index (κ1) is 12.5. The monoisotopic (exact) mass is 222 g/mol. The Labute approximate surface area is 95.5 Å². The second-order valence-corrected chi connectivity index (χ2v) is 3.87. The maximum Gasteiger partial charge on any atom is 0.244 e. The summed E-state index contributed by atoms with van der Waals surface area (Å²) < 4.78 is 0. The highest BCUT2D eigenvalue weighted by Crippen LogP contribution is 2.18. The largest absolute Gasteiger partial charge is 0.508 e. The van der Waals surface area contributed by atoms with Crippen LogP contribution in [0.5, 0.6) is 5.75 Å². The number of aromatic hydroxyl groups is 1. The average Bonchev–Trinajstić information content (AvgIpc) is 2.28. The lowest BCUT2D eigenvalue weighted by molar-refractivity contribution is -0.121. The van der Waals surface area contributed by atoms with Gasteiger partial charge in [0, 0.05) is 11.8 Å². The second-order valence-electron chi connectivity index (χ2n) is 3.87. The SMILES string of the molecule is CCC(N)(CC)C(=O)Nc1cccc(O)c1. The molecule has 0 spiro atoms. The lowest BCUT2D eigenvalue weighted by Crippen LogP contribution is -2.50. The smallest absolute Gasteiger partial charge is 0.244 e. The molecule has 0 bridgehead atoms. The summed E-state index contributed by atoms with van der Waals surface area (Å²) in [5, 5.41) is 12.0. The zero-order valence-electron chi connectivity index (χ0n) is 9.66. The Morgan fingerprint density at radius 2 is 2.06 bits per heavy atom. The molecule has 0 saturated carbocycles. The van der Waals surface area contributed by atoms with E-state index in [9.17, 15) is 9.90 Å². The van der Waals surface area contributed by atoms with Crippen molar-refractivity contribution in [3.8, 4) is 5.75 Å². The minimum Gasteiger partial charge on any atom is -0.508 e. The van der Waals surface area contributed by atoms with Crippen LogP contribution in [-0.4, -0.2) is 16.6 Å². The maximum absolute atomic E-state index is 11.9. The molecule has 0 atom stereocenters. The van der Waals surface area contributed by atoms with Gasteiger partial charge in [0.05, 0.1) is 5.54 Å². The molecule has 0 fully saturated rings. The number of phenolic OH excluding ortho intramolecular Hbond substituents is 1. The lowest BCUT2D eigenvalue weighted by Gasteiger charge is -2.25. The second kappa shape index (κ2) is 4.99. The molecule has 0 aliphatic heterocycles. The molecule has 1 rings (SSSR count). The van der Waals surface area contributed by atoms with E-state index in [0.717, 1.165) is 0 Å². The van der Waals surface area contributed by atoms with Crippen LogP contribution in [-0.2, 0) is 4.79 Å². The number of phenols is 1. The molecule has 16 heavy (non-hydrogen) atoms. The van der Waals surface area contributed by atoms with Crippen LogP contribution in [0, 0.1) is 0 Å². The van der Waals surface area contributed by atoms with Crippen LogP contribution in [0.25, 0.3) is 0 Å². The normalized spacial score (nSPS) is 11.2. The van der Waals surface area contributed by atoms with Gasteiger partial charge in [0.1, 0.15) is 5.75 Å². The number of benzene rings is 1. The topological polar surface area (TPSA) is 75.4 Å². The molecular formula is C12H18N2O2. The van der Waals surface area contributed by atoms with E-state index in [4.69, 9.17) is 5.73 Å². The fraction of sp³-hybridized carbons (Fsp3) is 0.417. The van der Waals surface area contributed by atoms with Gasteiger partial charge >= 0.3 is 0 Å². The highest BCUT2D eigenvalue weighted by Gasteiger charge is 2.29. The summed E-state index contributed by atoms with van der Waals surface area (Å²) in [6.45, 7) is 3.76. The molecule has 0 saturated heterocycles. The van der Waals surface area contributed by atoms with Gasteiger partial charge in [-0.25, -0.2) is 0 Å². The van der Waals surface area contributed by atoms with Crippen molar-refractivity contribution < 1.29 is 9.90 Å². The summed E-state index contributed by atoms with van der Waals surface area (Å²) in [5.74, 6) is -0.100. The molecular weight excluding hydrogens is 204 g/mol. The number of hydrogen-bond donors (Lipinski definition) is 3. The number of nitrogens with two attached hydrogens (primary N) is 1. The summed E-state index contributed by atoms with van der Waals surface area (Å²) >= 11 is 0. The van der Waals surface area contributed by atoms with E-state index in [1.165, 1.54) is 6.07 Å². The number of hydrogen-bond acceptors (Lipinski definition) is 3. The Morgan fingerprint density at radius 1 is 1.44 bits per heavy atom. The average molecular weight is 222 g/mol. The highest BCUT2D eigenvalue weighted by atomic mass is 16.3. The Kier molecular flexibility index (Phi) is 3.90. The van der Waals surface area contributed by atoms with Crippen LogP contribution in [0.3, 0.4) is 0 Å². The summed E-state index contributed by atoms with van der Waals surface area (Å²) in [7, 11) is 0. The molecule has 88 valence electrons. The van der Waals surface area contributed by atoms with E-state index >= 15 is 0 Å². The molecule has 4 nitrogen and oxygen atoms in total. The van der Waals surface area contributed by atoms with Crippen molar-refractivity contribution in [3.05, 3.63) is 24.3 Å². The Morgan fingerprint density at radius 3 is 2.56 bits per heavy atom. The van der Waals surface area contributed by atoms with Gasteiger partial charge < -0.3 is 16.2 Å². The van der Waals surface area contributed by atoms with Crippen LogP contribution in [0.4, 0.5) is 5.69 Å². The van der Waals surface area contributed by atoms with Crippen molar-refractivity contribution in [1.29, 1.82) is 0 Å². The van der Waals surface area contributed by atoms with Crippen molar-refractivity contribution in [2.45, 2.75) is 32.2 Å². The summed E-state index contributed by atoms with van der Waals surface area (Å²) in [6.07, 6.45) is 1.16. The third-order valence-corrected chi connectivity index (χ3v) is 2.82. The van der Waals surface area contributed by atoms with Gasteiger partial charge in [0.15, 0.2) is 0 Å². The minimum atomic E-state index is -0.842. The molecule has 0 aromatic heterocycles. The van der Waals surface area contributed by atoms with Crippen molar-refractivity contribution in [2.24, 2.45) is 5.73 Å². The van der Waals surface area contributed by atoms with Gasteiger partial charge in [-0.15, -0.1) is 0 Å². The zero-order valence-corrected chi connectivity index (χ0v) is 9.66. The molecule has 1 amide bonds. The number of rotatable bonds is 4. The fourth-order valence-electron chi connectivity index (χ4n) is 1.41. The quantitative estimate of drug-likeness (QED) is 0.727. The molecule has 0 aliphatic rings. The first-order valence-corrected chi connectivity index (χ1v) is 5.41. The van der Waals surface area contributed by atoms with Crippen molar-refractivity contribution in [3.63, 3.8) is 0 Å². The Bertz CT molecular complexity index is 373. The Balaban J connectivity index is 2.78. The summed E-state index contributed by atoms with van der Waals surface area (Å²) in [4.78, 5) is 11.9. The predicted molar refractivity (Wildman–Crippen MR) is 64.2 cm³/mol. The van der Waals surface area contributed by atoms with E-state index in [-0.39, 0.29) is 11.7 Å². The van der Waals surface area contributed by atoms with E-state index < -0.39 is 5.54 Å². The fourth-order valence-corrected chi connectivity index (χ4v) is 1.41. The first-order valence-electron chi connectivity index (χ1n) is 5.41. The van der Waals surface area contributed by atoms with E-state index in [1.807, 2.05) is 13.8 Å². The lowest BCUT2D eigenvalue weighted by atomic mass is 9.93. The number of carbonyl (C=O) groups is 1. The molecule has 0 aliphatic carbocycles. The van der Waals surface area contributed by atoms with E-state index in [2.05, 4.69) is 5.32 Å².